The Labute approximate surface area is 101 Å². The fourth-order valence-electron chi connectivity index (χ4n) is 2.26. The molecule has 1 aromatic heterocycles. The first-order valence-corrected chi connectivity index (χ1v) is 6.79. The van der Waals surface area contributed by atoms with Crippen LogP contribution in [0.15, 0.2) is 6.20 Å². The Bertz CT molecular complexity index is 338. The van der Waals surface area contributed by atoms with Crippen molar-refractivity contribution in [3.05, 3.63) is 16.1 Å². The molecule has 1 atom stereocenters. The van der Waals surface area contributed by atoms with Crippen LogP contribution in [0.5, 0.6) is 0 Å². The number of aromatic nitrogens is 1. The molecular weight excluding hydrogens is 220 g/mol. The van der Waals surface area contributed by atoms with Crippen LogP contribution >= 0.6 is 11.3 Å². The van der Waals surface area contributed by atoms with E-state index in [0.29, 0.717) is 6.04 Å². The Balaban J connectivity index is 1.87. The normalized spacial score (nSPS) is 22.1. The van der Waals surface area contributed by atoms with Crippen molar-refractivity contribution in [2.45, 2.75) is 39.3 Å². The maximum Gasteiger partial charge on any atom is 0.0931 e. The van der Waals surface area contributed by atoms with Crippen LogP contribution in [0.1, 0.15) is 30.2 Å². The van der Waals surface area contributed by atoms with Gasteiger partial charge in [-0.25, -0.2) is 4.98 Å². The van der Waals surface area contributed by atoms with E-state index in [-0.39, 0.29) is 6.61 Å². The molecule has 0 saturated carbocycles. The van der Waals surface area contributed by atoms with Gasteiger partial charge in [0.1, 0.15) is 0 Å². The minimum absolute atomic E-state index is 0.125. The third kappa shape index (κ3) is 2.81. The Morgan fingerprint density at radius 1 is 1.62 bits per heavy atom. The second kappa shape index (κ2) is 5.25. The summed E-state index contributed by atoms with van der Waals surface area (Å²) < 4.78 is 0. The minimum atomic E-state index is 0.125. The number of thiazole rings is 1. The SMILES string of the molecule is CC(C)N1CCC(Cc2ncc(CO)s2)C1. The van der Waals surface area contributed by atoms with Crippen LogP contribution in [-0.2, 0) is 13.0 Å². The summed E-state index contributed by atoms with van der Waals surface area (Å²) in [6.07, 6.45) is 4.16. The van der Waals surface area contributed by atoms with Crippen molar-refractivity contribution in [1.82, 2.24) is 9.88 Å². The second-order valence-corrected chi connectivity index (χ2v) is 6.03. The van der Waals surface area contributed by atoms with E-state index in [2.05, 4.69) is 23.7 Å². The number of likely N-dealkylation sites (tertiary alicyclic amines) is 1. The van der Waals surface area contributed by atoms with E-state index in [1.165, 1.54) is 24.5 Å². The number of hydrogen-bond acceptors (Lipinski definition) is 4. The van der Waals surface area contributed by atoms with Crippen molar-refractivity contribution < 1.29 is 5.11 Å². The Morgan fingerprint density at radius 2 is 2.44 bits per heavy atom. The van der Waals surface area contributed by atoms with E-state index in [1.807, 2.05) is 0 Å². The molecule has 1 aliphatic rings. The van der Waals surface area contributed by atoms with Crippen LogP contribution in [0.25, 0.3) is 0 Å². The van der Waals surface area contributed by atoms with Crippen molar-refractivity contribution in [2.24, 2.45) is 5.92 Å². The van der Waals surface area contributed by atoms with Crippen LogP contribution in [0.2, 0.25) is 0 Å². The topological polar surface area (TPSA) is 36.4 Å². The van der Waals surface area contributed by atoms with Crippen LogP contribution in [-0.4, -0.2) is 34.1 Å². The summed E-state index contributed by atoms with van der Waals surface area (Å²) in [5.74, 6) is 0.750. The van der Waals surface area contributed by atoms with E-state index in [9.17, 15) is 0 Å². The van der Waals surface area contributed by atoms with Gasteiger partial charge in [0.15, 0.2) is 0 Å². The average Bonchev–Trinajstić information content (AvgIpc) is 2.87. The van der Waals surface area contributed by atoms with E-state index in [1.54, 1.807) is 17.5 Å². The lowest BCUT2D eigenvalue weighted by Crippen LogP contribution is -2.28. The molecule has 0 spiro atoms. The highest BCUT2D eigenvalue weighted by Gasteiger charge is 2.24. The molecule has 2 heterocycles. The van der Waals surface area contributed by atoms with Gasteiger partial charge in [0.05, 0.1) is 16.5 Å². The van der Waals surface area contributed by atoms with Crippen molar-refractivity contribution in [1.29, 1.82) is 0 Å². The van der Waals surface area contributed by atoms with Gasteiger partial charge < -0.3 is 10.0 Å². The summed E-state index contributed by atoms with van der Waals surface area (Å²) in [5.41, 5.74) is 0. The standard InChI is InChI=1S/C12H20N2OS/c1-9(2)14-4-3-10(7-14)5-12-13-6-11(8-15)16-12/h6,9-10,15H,3-5,7-8H2,1-2H3. The molecule has 0 radical (unpaired) electrons. The number of aliphatic hydroxyl groups is 1. The van der Waals surface area contributed by atoms with Gasteiger partial charge in [-0.05, 0) is 32.7 Å². The van der Waals surface area contributed by atoms with Crippen molar-refractivity contribution in [2.75, 3.05) is 13.1 Å². The highest BCUT2D eigenvalue weighted by Crippen LogP contribution is 2.24. The van der Waals surface area contributed by atoms with Crippen molar-refractivity contribution >= 4 is 11.3 Å². The van der Waals surface area contributed by atoms with Gasteiger partial charge in [-0.3, -0.25) is 0 Å². The summed E-state index contributed by atoms with van der Waals surface area (Å²) >= 11 is 1.65. The van der Waals surface area contributed by atoms with Gasteiger partial charge in [-0.1, -0.05) is 0 Å². The fraction of sp³-hybridized carbons (Fsp3) is 0.750. The van der Waals surface area contributed by atoms with Gasteiger partial charge in [0.2, 0.25) is 0 Å². The second-order valence-electron chi connectivity index (χ2n) is 4.83. The zero-order chi connectivity index (χ0) is 11.5. The first-order valence-electron chi connectivity index (χ1n) is 5.97. The molecule has 1 aliphatic heterocycles. The molecule has 1 aromatic rings. The molecule has 2 rings (SSSR count). The molecule has 90 valence electrons. The van der Waals surface area contributed by atoms with Crippen molar-refractivity contribution in [3.63, 3.8) is 0 Å². The number of rotatable bonds is 4. The lowest BCUT2D eigenvalue weighted by molar-refractivity contribution is 0.265. The van der Waals surface area contributed by atoms with Crippen LogP contribution in [0, 0.1) is 5.92 Å². The Morgan fingerprint density at radius 3 is 3.00 bits per heavy atom. The lowest BCUT2D eigenvalue weighted by atomic mass is 10.1. The molecule has 1 unspecified atom stereocenters. The zero-order valence-electron chi connectivity index (χ0n) is 10.0. The van der Waals surface area contributed by atoms with Gasteiger partial charge in [0, 0.05) is 25.2 Å². The van der Waals surface area contributed by atoms with Crippen LogP contribution in [0.4, 0.5) is 0 Å². The Hall–Kier alpha value is -0.450. The molecule has 1 saturated heterocycles. The predicted octanol–water partition coefficient (Wildman–Crippen LogP) is 1.91. The molecule has 0 bridgehead atoms. The molecule has 3 nitrogen and oxygen atoms in total. The van der Waals surface area contributed by atoms with Gasteiger partial charge >= 0.3 is 0 Å². The number of aliphatic hydroxyl groups excluding tert-OH is 1. The van der Waals surface area contributed by atoms with Crippen molar-refractivity contribution in [3.8, 4) is 0 Å². The minimum Gasteiger partial charge on any atom is -0.391 e. The number of hydrogen-bond donors (Lipinski definition) is 1. The molecule has 4 heteroatoms. The molecule has 1 fully saturated rings. The van der Waals surface area contributed by atoms with Gasteiger partial charge in [-0.15, -0.1) is 11.3 Å². The molecule has 0 amide bonds. The van der Waals surface area contributed by atoms with Crippen LogP contribution in [0.3, 0.4) is 0 Å². The summed E-state index contributed by atoms with van der Waals surface area (Å²) in [6.45, 7) is 7.07. The number of nitrogens with zero attached hydrogens (tertiary/aromatic N) is 2. The van der Waals surface area contributed by atoms with E-state index in [0.717, 1.165) is 17.2 Å². The first-order chi connectivity index (χ1) is 7.69. The summed E-state index contributed by atoms with van der Waals surface area (Å²) in [4.78, 5) is 7.87. The molecule has 16 heavy (non-hydrogen) atoms. The smallest absolute Gasteiger partial charge is 0.0931 e. The predicted molar refractivity (Wildman–Crippen MR) is 66.6 cm³/mol. The molecule has 0 aromatic carbocycles. The Kier molecular flexibility index (Phi) is 3.95. The maximum absolute atomic E-state index is 8.99. The first kappa shape index (κ1) is 12.0. The quantitative estimate of drug-likeness (QED) is 0.873. The summed E-state index contributed by atoms with van der Waals surface area (Å²) in [7, 11) is 0. The van der Waals surface area contributed by atoms with E-state index in [4.69, 9.17) is 5.11 Å². The third-order valence-corrected chi connectivity index (χ3v) is 4.27. The monoisotopic (exact) mass is 240 g/mol. The molecule has 0 aliphatic carbocycles. The van der Waals surface area contributed by atoms with Gasteiger partial charge in [0.25, 0.3) is 0 Å². The summed E-state index contributed by atoms with van der Waals surface area (Å²) in [5, 5.41) is 10.2. The molecule has 1 N–H and O–H groups in total. The lowest BCUT2D eigenvalue weighted by Gasteiger charge is -2.19. The summed E-state index contributed by atoms with van der Waals surface area (Å²) in [6, 6.07) is 0.661. The zero-order valence-corrected chi connectivity index (χ0v) is 10.8. The van der Waals surface area contributed by atoms with Gasteiger partial charge in [-0.2, -0.15) is 0 Å². The molecular formula is C12H20N2OS. The van der Waals surface area contributed by atoms with E-state index >= 15 is 0 Å². The third-order valence-electron chi connectivity index (χ3n) is 3.27. The highest BCUT2D eigenvalue weighted by atomic mass is 32.1. The van der Waals surface area contributed by atoms with Crippen LogP contribution < -0.4 is 0 Å². The fourth-order valence-corrected chi connectivity index (χ4v) is 3.16. The largest absolute Gasteiger partial charge is 0.391 e. The highest BCUT2D eigenvalue weighted by molar-refractivity contribution is 7.11. The van der Waals surface area contributed by atoms with E-state index < -0.39 is 0 Å². The maximum atomic E-state index is 8.99. The average molecular weight is 240 g/mol.